The van der Waals surface area contributed by atoms with Crippen molar-refractivity contribution >= 4 is 23.0 Å². The van der Waals surface area contributed by atoms with Gasteiger partial charge in [-0.3, -0.25) is 0 Å². The van der Waals surface area contributed by atoms with Gasteiger partial charge in [-0.1, -0.05) is 91.2 Å². The number of hydrogen-bond acceptors (Lipinski definition) is 7. The first-order valence-corrected chi connectivity index (χ1v) is 22.1. The van der Waals surface area contributed by atoms with Gasteiger partial charge in [0, 0.05) is 13.0 Å². The molecule has 8 atom stereocenters. The molecule has 0 unspecified atom stereocenters. The van der Waals surface area contributed by atoms with E-state index in [4.69, 9.17) is 15.2 Å². The minimum absolute atomic E-state index is 0.0320. The van der Waals surface area contributed by atoms with Crippen molar-refractivity contribution in [1.29, 1.82) is 0 Å². The predicted octanol–water partition coefficient (Wildman–Crippen LogP) is 11.4. The summed E-state index contributed by atoms with van der Waals surface area (Å²) >= 11 is 0. The molecule has 300 valence electrons. The molecule has 2 aromatic heterocycles. The highest BCUT2D eigenvalue weighted by atomic mass is 16.5. The number of allylic oxidation sites excluding steroid dienone is 1. The maximum atomic E-state index is 13.3. The lowest BCUT2D eigenvalue weighted by atomic mass is 9.47. The first-order chi connectivity index (χ1) is 26.6. The number of aryl methyl sites for hydroxylation is 1. The van der Waals surface area contributed by atoms with Crippen LogP contribution in [-0.4, -0.2) is 38.2 Å². The van der Waals surface area contributed by atoms with Crippen LogP contribution in [0.2, 0.25) is 0 Å². The molecule has 2 heterocycles. The quantitative estimate of drug-likeness (QED) is 0.0831. The molecule has 0 bridgehead atoms. The Kier molecular flexibility index (Phi) is 12.6. The monoisotopic (exact) mass is 752 g/mol. The molecule has 1 aromatic carbocycles. The van der Waals surface area contributed by atoms with Crippen LogP contribution in [0.1, 0.15) is 154 Å². The summed E-state index contributed by atoms with van der Waals surface area (Å²) in [7, 11) is 0. The molecule has 8 heteroatoms. The number of nitrogen functional groups attached to an aromatic ring is 1. The molecule has 3 saturated carbocycles. The van der Waals surface area contributed by atoms with Crippen molar-refractivity contribution in [3.63, 3.8) is 0 Å². The Morgan fingerprint density at radius 3 is 2.47 bits per heavy atom. The number of carbonyl (C=O) groups excluding carboxylic acids is 1. The van der Waals surface area contributed by atoms with Crippen molar-refractivity contribution < 1.29 is 14.3 Å². The Morgan fingerprint density at radius 2 is 1.67 bits per heavy atom. The summed E-state index contributed by atoms with van der Waals surface area (Å²) in [5.74, 6) is 6.06. The zero-order chi connectivity index (χ0) is 38.6. The van der Waals surface area contributed by atoms with Crippen molar-refractivity contribution in [2.45, 2.75) is 156 Å². The van der Waals surface area contributed by atoms with Crippen LogP contribution in [0.4, 0.5) is 5.82 Å². The molecule has 2 N–H and O–H groups in total. The number of esters is 1. The van der Waals surface area contributed by atoms with Crippen molar-refractivity contribution in [3.8, 4) is 5.75 Å². The first kappa shape index (κ1) is 39.8. The number of anilines is 1. The van der Waals surface area contributed by atoms with E-state index >= 15 is 0 Å². The highest BCUT2D eigenvalue weighted by Crippen LogP contribution is 2.67. The van der Waals surface area contributed by atoms with Crippen LogP contribution < -0.4 is 10.5 Å². The number of fused-ring (bicyclic) bond motifs is 6. The van der Waals surface area contributed by atoms with E-state index in [0.717, 1.165) is 98.4 Å². The van der Waals surface area contributed by atoms with Gasteiger partial charge < -0.3 is 19.8 Å². The fourth-order valence-electron chi connectivity index (χ4n) is 12.0. The number of rotatable bonds is 17. The SMILES string of the molecule is CC(C)CCC[C@@H](C)[C@H]1CC[C@H]2[C@@H]3CC=C4C[C@@H](OC(=O)c5ccc(OCCCCCCCCn6cnc7c(N)ncnc76)cc5)CC[C@]4(C)[C@H]3CC[C@]12C. The third kappa shape index (κ3) is 8.63. The van der Waals surface area contributed by atoms with E-state index in [2.05, 4.69) is 60.2 Å². The Bertz CT molecular complexity index is 1770. The minimum atomic E-state index is -0.207. The van der Waals surface area contributed by atoms with Crippen LogP contribution in [0.15, 0.2) is 48.6 Å². The molecule has 55 heavy (non-hydrogen) atoms. The molecular formula is C47H69N5O3. The summed E-state index contributed by atoms with van der Waals surface area (Å²) < 4.78 is 14.3. The van der Waals surface area contributed by atoms with E-state index in [9.17, 15) is 4.79 Å². The largest absolute Gasteiger partial charge is 0.494 e. The average Bonchev–Trinajstić information content (AvgIpc) is 3.76. The van der Waals surface area contributed by atoms with Gasteiger partial charge in [0.2, 0.25) is 0 Å². The number of unbranched alkanes of at least 4 members (excludes halogenated alkanes) is 5. The van der Waals surface area contributed by atoms with Crippen LogP contribution in [0.5, 0.6) is 5.75 Å². The van der Waals surface area contributed by atoms with Crippen molar-refractivity contribution in [3.05, 3.63) is 54.1 Å². The number of imidazole rings is 1. The summed E-state index contributed by atoms with van der Waals surface area (Å²) in [6, 6.07) is 7.54. The zero-order valence-electron chi connectivity index (χ0n) is 34.6. The molecule has 7 rings (SSSR count). The molecule has 0 spiro atoms. The summed E-state index contributed by atoms with van der Waals surface area (Å²) in [4.78, 5) is 26.0. The van der Waals surface area contributed by atoms with Crippen molar-refractivity contribution in [1.82, 2.24) is 19.5 Å². The highest BCUT2D eigenvalue weighted by Gasteiger charge is 2.59. The number of ether oxygens (including phenoxy) is 2. The van der Waals surface area contributed by atoms with Gasteiger partial charge in [-0.15, -0.1) is 0 Å². The van der Waals surface area contributed by atoms with Gasteiger partial charge in [0.25, 0.3) is 0 Å². The van der Waals surface area contributed by atoms with Gasteiger partial charge in [-0.05, 0) is 128 Å². The number of hydrogen-bond donors (Lipinski definition) is 1. The summed E-state index contributed by atoms with van der Waals surface area (Å²) in [5.41, 5.74) is 10.3. The number of nitrogens with zero attached hydrogens (tertiary/aromatic N) is 4. The van der Waals surface area contributed by atoms with Crippen LogP contribution in [0, 0.1) is 46.3 Å². The molecule has 0 aliphatic heterocycles. The average molecular weight is 752 g/mol. The molecule has 0 saturated heterocycles. The summed E-state index contributed by atoms with van der Waals surface area (Å²) in [5, 5.41) is 0. The lowest BCUT2D eigenvalue weighted by molar-refractivity contribution is -0.0594. The molecule has 8 nitrogen and oxygen atoms in total. The van der Waals surface area contributed by atoms with Crippen LogP contribution in [0.25, 0.3) is 11.2 Å². The van der Waals surface area contributed by atoms with E-state index in [1.807, 2.05) is 24.3 Å². The predicted molar refractivity (Wildman–Crippen MR) is 222 cm³/mol. The zero-order valence-corrected chi connectivity index (χ0v) is 34.6. The van der Waals surface area contributed by atoms with Crippen LogP contribution >= 0.6 is 0 Å². The second-order valence-electron chi connectivity index (χ2n) is 18.9. The van der Waals surface area contributed by atoms with Crippen molar-refractivity contribution in [2.24, 2.45) is 46.3 Å². The van der Waals surface area contributed by atoms with E-state index in [0.29, 0.717) is 28.9 Å². The molecule has 4 aliphatic carbocycles. The maximum absolute atomic E-state index is 13.3. The Balaban J connectivity index is 0.810. The van der Waals surface area contributed by atoms with Gasteiger partial charge in [-0.2, -0.15) is 0 Å². The van der Waals surface area contributed by atoms with E-state index in [1.54, 1.807) is 11.9 Å². The Morgan fingerprint density at radius 1 is 0.891 bits per heavy atom. The number of benzene rings is 1. The first-order valence-electron chi connectivity index (χ1n) is 22.1. The lowest BCUT2D eigenvalue weighted by Gasteiger charge is -2.58. The van der Waals surface area contributed by atoms with Gasteiger partial charge in [-0.25, -0.2) is 19.7 Å². The van der Waals surface area contributed by atoms with E-state index in [-0.39, 0.29) is 17.5 Å². The molecular weight excluding hydrogens is 683 g/mol. The fraction of sp³-hybridized carbons (Fsp3) is 0.702. The molecule has 0 radical (unpaired) electrons. The van der Waals surface area contributed by atoms with Crippen LogP contribution in [0.3, 0.4) is 0 Å². The van der Waals surface area contributed by atoms with Gasteiger partial charge in [0.1, 0.15) is 23.7 Å². The fourth-order valence-corrected chi connectivity index (χ4v) is 12.0. The summed E-state index contributed by atoms with van der Waals surface area (Å²) in [6.07, 6.45) is 26.7. The Labute approximate surface area is 330 Å². The normalized spacial score (nSPS) is 29.3. The Hall–Kier alpha value is -3.42. The molecule has 4 aliphatic rings. The lowest BCUT2D eigenvalue weighted by Crippen LogP contribution is -2.51. The van der Waals surface area contributed by atoms with Gasteiger partial charge in [0.05, 0.1) is 18.5 Å². The van der Waals surface area contributed by atoms with E-state index < -0.39 is 0 Å². The number of nitrogens with two attached hydrogens (primary N) is 1. The van der Waals surface area contributed by atoms with Crippen LogP contribution in [-0.2, 0) is 11.3 Å². The summed E-state index contributed by atoms with van der Waals surface area (Å²) in [6.45, 7) is 14.1. The van der Waals surface area contributed by atoms with Crippen molar-refractivity contribution in [2.75, 3.05) is 12.3 Å². The topological polar surface area (TPSA) is 105 Å². The second kappa shape index (κ2) is 17.4. The minimum Gasteiger partial charge on any atom is -0.494 e. The highest BCUT2D eigenvalue weighted by molar-refractivity contribution is 5.89. The molecule has 3 fully saturated rings. The molecule has 0 amide bonds. The number of aromatic nitrogens is 4. The molecule has 3 aromatic rings. The van der Waals surface area contributed by atoms with Gasteiger partial charge >= 0.3 is 5.97 Å². The third-order valence-corrected chi connectivity index (χ3v) is 15.1. The maximum Gasteiger partial charge on any atom is 0.338 e. The standard InChI is InChI=1S/C47H69N5O3/c1-32(2)13-12-14-33(3)39-21-22-40-38-20-17-35-29-37(23-25-46(35,4)41(38)24-26-47(39,40)5)55-45(53)34-15-18-36(19-16-34)54-28-11-9-7-6-8-10-27-52-31-51-42-43(48)49-30-50-44(42)52/h15-19,30-33,37-41H,6-14,20-29H2,1-5H3,(H2,48,49,50)/t33-,37+,38+,39-,40+,41+,46+,47-/m1/s1. The third-order valence-electron chi connectivity index (χ3n) is 15.1. The smallest absolute Gasteiger partial charge is 0.338 e. The van der Waals surface area contributed by atoms with E-state index in [1.165, 1.54) is 70.5 Å². The second-order valence-corrected chi connectivity index (χ2v) is 18.9. The van der Waals surface area contributed by atoms with Gasteiger partial charge in [0.15, 0.2) is 11.5 Å². The number of carbonyl (C=O) groups is 1.